The van der Waals surface area contributed by atoms with Gasteiger partial charge in [-0.1, -0.05) is 12.1 Å². The highest BCUT2D eigenvalue weighted by Crippen LogP contribution is 2.22. The van der Waals surface area contributed by atoms with E-state index >= 15 is 0 Å². The molecule has 3 nitrogen and oxygen atoms in total. The average Bonchev–Trinajstić information content (AvgIpc) is 2.40. The Balaban J connectivity index is 1.97. The SMILES string of the molecule is CNCc1ccc(N(C)C2CCN(C)CC2)cc1. The summed E-state index contributed by atoms with van der Waals surface area (Å²) in [4.78, 5) is 4.86. The lowest BCUT2D eigenvalue weighted by Crippen LogP contribution is -2.41. The molecule has 0 aliphatic carbocycles. The minimum atomic E-state index is 0.691. The Morgan fingerprint density at radius 2 is 1.83 bits per heavy atom. The van der Waals surface area contributed by atoms with E-state index in [4.69, 9.17) is 0 Å². The maximum atomic E-state index is 3.18. The van der Waals surface area contributed by atoms with Gasteiger partial charge in [-0.2, -0.15) is 0 Å². The van der Waals surface area contributed by atoms with Crippen molar-refractivity contribution in [1.29, 1.82) is 0 Å². The Kier molecular flexibility index (Phi) is 4.61. The number of nitrogens with one attached hydrogen (secondary N) is 1. The molecule has 1 aromatic carbocycles. The van der Waals surface area contributed by atoms with E-state index in [9.17, 15) is 0 Å². The molecule has 1 saturated heterocycles. The molecule has 3 heteroatoms. The number of piperidine rings is 1. The van der Waals surface area contributed by atoms with Gasteiger partial charge in [0.2, 0.25) is 0 Å². The monoisotopic (exact) mass is 247 g/mol. The van der Waals surface area contributed by atoms with Crippen LogP contribution in [0.1, 0.15) is 18.4 Å². The minimum absolute atomic E-state index is 0.691. The van der Waals surface area contributed by atoms with Crippen molar-refractivity contribution >= 4 is 5.69 Å². The summed E-state index contributed by atoms with van der Waals surface area (Å²) in [6.07, 6.45) is 2.54. The van der Waals surface area contributed by atoms with Crippen LogP contribution in [0.5, 0.6) is 0 Å². The smallest absolute Gasteiger partial charge is 0.0366 e. The van der Waals surface area contributed by atoms with Crippen molar-refractivity contribution in [1.82, 2.24) is 10.2 Å². The first-order valence-corrected chi connectivity index (χ1v) is 6.85. The summed E-state index contributed by atoms with van der Waals surface area (Å²) < 4.78 is 0. The van der Waals surface area contributed by atoms with Gasteiger partial charge >= 0.3 is 0 Å². The lowest BCUT2D eigenvalue weighted by atomic mass is 10.0. The normalized spacial score (nSPS) is 17.9. The van der Waals surface area contributed by atoms with Gasteiger partial charge in [-0.05, 0) is 57.7 Å². The van der Waals surface area contributed by atoms with Gasteiger partial charge in [0.1, 0.15) is 0 Å². The molecule has 100 valence electrons. The lowest BCUT2D eigenvalue weighted by Gasteiger charge is -2.36. The largest absolute Gasteiger partial charge is 0.372 e. The van der Waals surface area contributed by atoms with E-state index in [1.54, 1.807) is 0 Å². The molecule has 1 aromatic rings. The minimum Gasteiger partial charge on any atom is -0.372 e. The maximum Gasteiger partial charge on any atom is 0.0366 e. The Hall–Kier alpha value is -1.06. The van der Waals surface area contributed by atoms with Crippen molar-refractivity contribution < 1.29 is 0 Å². The summed E-state index contributed by atoms with van der Waals surface area (Å²) in [5.74, 6) is 0. The molecule has 1 fully saturated rings. The number of rotatable bonds is 4. The number of hydrogen-bond acceptors (Lipinski definition) is 3. The van der Waals surface area contributed by atoms with Crippen LogP contribution < -0.4 is 10.2 Å². The molecule has 2 rings (SSSR count). The van der Waals surface area contributed by atoms with Gasteiger partial charge in [-0.3, -0.25) is 0 Å². The van der Waals surface area contributed by atoms with Crippen LogP contribution in [0, 0.1) is 0 Å². The van der Waals surface area contributed by atoms with Gasteiger partial charge in [-0.25, -0.2) is 0 Å². The lowest BCUT2D eigenvalue weighted by molar-refractivity contribution is 0.253. The first-order valence-electron chi connectivity index (χ1n) is 6.85. The summed E-state index contributed by atoms with van der Waals surface area (Å²) in [7, 11) is 6.42. The molecule has 0 radical (unpaired) electrons. The van der Waals surface area contributed by atoms with Crippen LogP contribution in [0.25, 0.3) is 0 Å². The summed E-state index contributed by atoms with van der Waals surface area (Å²) in [6.45, 7) is 3.37. The van der Waals surface area contributed by atoms with Crippen LogP contribution in [-0.2, 0) is 6.54 Å². The fourth-order valence-corrected chi connectivity index (χ4v) is 2.65. The molecular weight excluding hydrogens is 222 g/mol. The van der Waals surface area contributed by atoms with Crippen molar-refractivity contribution in [3.05, 3.63) is 29.8 Å². The third kappa shape index (κ3) is 3.24. The van der Waals surface area contributed by atoms with Crippen LogP contribution in [-0.4, -0.2) is 45.2 Å². The highest BCUT2D eigenvalue weighted by molar-refractivity contribution is 5.48. The Morgan fingerprint density at radius 3 is 2.39 bits per heavy atom. The molecule has 0 spiro atoms. The molecule has 1 aliphatic rings. The van der Waals surface area contributed by atoms with E-state index in [0.29, 0.717) is 6.04 Å². The zero-order chi connectivity index (χ0) is 13.0. The second-order valence-electron chi connectivity index (χ2n) is 5.34. The zero-order valence-corrected chi connectivity index (χ0v) is 11.8. The van der Waals surface area contributed by atoms with Crippen molar-refractivity contribution in [3.8, 4) is 0 Å². The molecule has 0 bridgehead atoms. The van der Waals surface area contributed by atoms with Gasteiger partial charge in [-0.15, -0.1) is 0 Å². The summed E-state index contributed by atoms with van der Waals surface area (Å²) in [6, 6.07) is 9.61. The molecule has 0 atom stereocenters. The Morgan fingerprint density at radius 1 is 1.22 bits per heavy atom. The molecule has 1 N–H and O–H groups in total. The van der Waals surface area contributed by atoms with Gasteiger partial charge < -0.3 is 15.1 Å². The van der Waals surface area contributed by atoms with Crippen LogP contribution in [0.15, 0.2) is 24.3 Å². The summed E-state index contributed by atoms with van der Waals surface area (Å²) in [5.41, 5.74) is 2.68. The molecule has 1 heterocycles. The number of benzene rings is 1. The van der Waals surface area contributed by atoms with E-state index < -0.39 is 0 Å². The number of hydrogen-bond donors (Lipinski definition) is 1. The molecule has 0 unspecified atom stereocenters. The predicted octanol–water partition coefficient (Wildman–Crippen LogP) is 1.94. The Labute approximate surface area is 111 Å². The van der Waals surface area contributed by atoms with E-state index in [-0.39, 0.29) is 0 Å². The molecule has 0 amide bonds. The quantitative estimate of drug-likeness (QED) is 0.877. The van der Waals surface area contributed by atoms with Gasteiger partial charge in [0.25, 0.3) is 0 Å². The number of likely N-dealkylation sites (tertiary alicyclic amines) is 1. The molecule has 18 heavy (non-hydrogen) atoms. The van der Waals surface area contributed by atoms with Crippen molar-refractivity contribution in [2.45, 2.75) is 25.4 Å². The standard InChI is InChI=1S/C15H25N3/c1-16-12-13-4-6-14(7-5-13)18(3)15-8-10-17(2)11-9-15/h4-7,15-16H,8-12H2,1-3H3. The first-order chi connectivity index (χ1) is 8.70. The number of nitrogens with zero attached hydrogens (tertiary/aromatic N) is 2. The second-order valence-corrected chi connectivity index (χ2v) is 5.34. The Bertz CT molecular complexity index is 353. The van der Waals surface area contributed by atoms with Crippen LogP contribution in [0.3, 0.4) is 0 Å². The third-order valence-corrected chi connectivity index (χ3v) is 3.96. The maximum absolute atomic E-state index is 3.18. The third-order valence-electron chi connectivity index (χ3n) is 3.96. The summed E-state index contributed by atoms with van der Waals surface area (Å²) >= 11 is 0. The first kappa shape index (κ1) is 13.4. The second kappa shape index (κ2) is 6.21. The predicted molar refractivity (Wildman–Crippen MR) is 78.1 cm³/mol. The van der Waals surface area contributed by atoms with Crippen molar-refractivity contribution in [3.63, 3.8) is 0 Å². The molecular formula is C15H25N3. The zero-order valence-electron chi connectivity index (χ0n) is 11.8. The average molecular weight is 247 g/mol. The summed E-state index contributed by atoms with van der Waals surface area (Å²) in [5, 5.41) is 3.18. The van der Waals surface area contributed by atoms with E-state index in [2.05, 4.69) is 53.5 Å². The van der Waals surface area contributed by atoms with Gasteiger partial charge in [0.15, 0.2) is 0 Å². The van der Waals surface area contributed by atoms with E-state index in [1.807, 2.05) is 7.05 Å². The fourth-order valence-electron chi connectivity index (χ4n) is 2.65. The van der Waals surface area contributed by atoms with E-state index in [1.165, 1.54) is 37.2 Å². The number of anilines is 1. The van der Waals surface area contributed by atoms with Crippen LogP contribution >= 0.6 is 0 Å². The molecule has 1 aliphatic heterocycles. The highest BCUT2D eigenvalue weighted by atomic mass is 15.2. The fraction of sp³-hybridized carbons (Fsp3) is 0.600. The topological polar surface area (TPSA) is 18.5 Å². The van der Waals surface area contributed by atoms with Crippen molar-refractivity contribution in [2.75, 3.05) is 39.1 Å². The van der Waals surface area contributed by atoms with Crippen LogP contribution in [0.2, 0.25) is 0 Å². The van der Waals surface area contributed by atoms with Gasteiger partial charge in [0, 0.05) is 25.3 Å². The van der Waals surface area contributed by atoms with Crippen molar-refractivity contribution in [2.24, 2.45) is 0 Å². The van der Waals surface area contributed by atoms with Gasteiger partial charge in [0.05, 0.1) is 0 Å². The van der Waals surface area contributed by atoms with E-state index in [0.717, 1.165) is 6.54 Å². The molecule has 0 aromatic heterocycles. The molecule has 0 saturated carbocycles. The van der Waals surface area contributed by atoms with Crippen LogP contribution in [0.4, 0.5) is 5.69 Å². The highest BCUT2D eigenvalue weighted by Gasteiger charge is 2.20.